The van der Waals surface area contributed by atoms with Crippen LogP contribution in [-0.2, 0) is 0 Å². The fourth-order valence-corrected chi connectivity index (χ4v) is 3.84. The highest BCUT2D eigenvalue weighted by molar-refractivity contribution is 9.10. The monoisotopic (exact) mass is 317 g/mol. The molecule has 0 radical (unpaired) electrons. The van der Waals surface area contributed by atoms with Gasteiger partial charge < -0.3 is 15.5 Å². The minimum Gasteiger partial charge on any atom is -0.363 e. The van der Waals surface area contributed by atoms with Crippen LogP contribution in [0.15, 0.2) is 15.9 Å². The summed E-state index contributed by atoms with van der Waals surface area (Å²) in [6, 6.07) is 2.88. The summed E-state index contributed by atoms with van der Waals surface area (Å²) in [6.07, 6.45) is 2.48. The zero-order valence-electron chi connectivity index (χ0n) is 10.2. The van der Waals surface area contributed by atoms with E-state index in [4.69, 9.17) is 5.73 Å². The molecule has 1 aromatic heterocycles. The molecule has 0 unspecified atom stereocenters. The third-order valence-corrected chi connectivity index (χ3v) is 5.23. The first-order chi connectivity index (χ1) is 8.20. The molecule has 3 nitrogen and oxygen atoms in total. The predicted molar refractivity (Wildman–Crippen MR) is 78.9 cm³/mol. The molecule has 0 spiro atoms. The Morgan fingerprint density at radius 3 is 2.76 bits per heavy atom. The molecule has 96 valence electrons. The Labute approximate surface area is 116 Å². The Morgan fingerprint density at radius 1 is 1.53 bits per heavy atom. The summed E-state index contributed by atoms with van der Waals surface area (Å²) in [5, 5.41) is 3.50. The lowest BCUT2D eigenvalue weighted by molar-refractivity contribution is 0.216. The van der Waals surface area contributed by atoms with Crippen LogP contribution in [0.5, 0.6) is 0 Å². The number of hydrogen-bond acceptors (Lipinski definition) is 4. The predicted octanol–water partition coefficient (Wildman–Crippen LogP) is 2.37. The molecule has 0 aliphatic carbocycles. The molecule has 17 heavy (non-hydrogen) atoms. The van der Waals surface area contributed by atoms with E-state index in [1.54, 1.807) is 0 Å². The van der Waals surface area contributed by atoms with Gasteiger partial charge in [0.2, 0.25) is 0 Å². The lowest BCUT2D eigenvalue weighted by Crippen LogP contribution is -2.44. The second kappa shape index (κ2) is 6.18. The normalized spacial score (nSPS) is 18.5. The molecule has 2 N–H and O–H groups in total. The summed E-state index contributed by atoms with van der Waals surface area (Å²) >= 11 is 5.32. The molecule has 5 heteroatoms. The molecule has 1 aliphatic heterocycles. The number of piperidine rings is 1. The van der Waals surface area contributed by atoms with Gasteiger partial charge in [-0.15, -0.1) is 11.3 Å². The van der Waals surface area contributed by atoms with Gasteiger partial charge >= 0.3 is 0 Å². The van der Waals surface area contributed by atoms with E-state index in [9.17, 15) is 0 Å². The van der Waals surface area contributed by atoms with E-state index in [1.807, 2.05) is 11.3 Å². The molecule has 1 aliphatic rings. The molecule has 0 atom stereocenters. The zero-order valence-corrected chi connectivity index (χ0v) is 12.6. The number of anilines is 1. The second-order valence-electron chi connectivity index (χ2n) is 4.58. The van der Waals surface area contributed by atoms with Crippen LogP contribution >= 0.6 is 27.3 Å². The van der Waals surface area contributed by atoms with Crippen molar-refractivity contribution in [1.29, 1.82) is 0 Å². The number of nitrogens with two attached hydrogens (primary N) is 1. The Morgan fingerprint density at radius 2 is 2.24 bits per heavy atom. The second-order valence-corrected chi connectivity index (χ2v) is 6.38. The van der Waals surface area contributed by atoms with E-state index in [-0.39, 0.29) is 0 Å². The summed E-state index contributed by atoms with van der Waals surface area (Å²) in [6.45, 7) is 4.18. The summed E-state index contributed by atoms with van der Waals surface area (Å²) in [4.78, 5) is 4.89. The molecule has 0 saturated carbocycles. The Kier molecular flexibility index (Phi) is 4.85. The van der Waals surface area contributed by atoms with Crippen LogP contribution in [0, 0.1) is 0 Å². The van der Waals surface area contributed by atoms with Gasteiger partial charge in [0.15, 0.2) is 0 Å². The maximum Gasteiger partial charge on any atom is 0.0920 e. The van der Waals surface area contributed by atoms with Gasteiger partial charge in [-0.25, -0.2) is 0 Å². The van der Waals surface area contributed by atoms with E-state index in [0.717, 1.165) is 13.1 Å². The van der Waals surface area contributed by atoms with Crippen molar-refractivity contribution in [2.75, 3.05) is 38.1 Å². The molecule has 1 fully saturated rings. The first kappa shape index (κ1) is 13.3. The van der Waals surface area contributed by atoms with Gasteiger partial charge in [0.25, 0.3) is 0 Å². The van der Waals surface area contributed by atoms with Gasteiger partial charge in [0.1, 0.15) is 0 Å². The highest BCUT2D eigenvalue weighted by Gasteiger charge is 2.22. The number of thiophene rings is 1. The third-order valence-electron chi connectivity index (χ3n) is 3.45. The minimum atomic E-state index is 0.676. The lowest BCUT2D eigenvalue weighted by Gasteiger charge is -2.37. The lowest BCUT2D eigenvalue weighted by atomic mass is 10.0. The van der Waals surface area contributed by atoms with Gasteiger partial charge in [-0.2, -0.15) is 0 Å². The van der Waals surface area contributed by atoms with Crippen LogP contribution in [0.2, 0.25) is 0 Å². The molecule has 0 aromatic carbocycles. The number of halogens is 1. The Balaban J connectivity index is 1.88. The molecular weight excluding hydrogens is 298 g/mol. The molecule has 0 bridgehead atoms. The van der Waals surface area contributed by atoms with Crippen LogP contribution in [-0.4, -0.2) is 44.2 Å². The van der Waals surface area contributed by atoms with Crippen molar-refractivity contribution in [2.45, 2.75) is 18.9 Å². The molecular formula is C12H20BrN3S. The minimum absolute atomic E-state index is 0.676. The molecule has 2 rings (SSSR count). The van der Waals surface area contributed by atoms with Crippen molar-refractivity contribution in [3.8, 4) is 0 Å². The quantitative estimate of drug-likeness (QED) is 0.925. The largest absolute Gasteiger partial charge is 0.363 e. The molecule has 2 heterocycles. The summed E-state index contributed by atoms with van der Waals surface area (Å²) in [5.41, 5.74) is 5.59. The summed E-state index contributed by atoms with van der Waals surface area (Å²) in [7, 11) is 2.21. The van der Waals surface area contributed by atoms with Gasteiger partial charge in [0.05, 0.1) is 5.00 Å². The first-order valence-corrected chi connectivity index (χ1v) is 7.77. The van der Waals surface area contributed by atoms with Crippen LogP contribution in [0.4, 0.5) is 5.00 Å². The standard InChI is InChI=1S/C12H20BrN3S/c1-15(12-8-10(13)9-17-12)11-2-5-16(6-3-11)7-4-14/h8-9,11H,2-7,14H2,1H3. The average Bonchev–Trinajstić information content (AvgIpc) is 2.76. The van der Waals surface area contributed by atoms with Gasteiger partial charge in [-0.1, -0.05) is 0 Å². The van der Waals surface area contributed by atoms with E-state index in [0.29, 0.717) is 6.04 Å². The van der Waals surface area contributed by atoms with Crippen molar-refractivity contribution in [1.82, 2.24) is 4.90 Å². The SMILES string of the molecule is CN(c1cc(Br)cs1)C1CCN(CCN)CC1. The van der Waals surface area contributed by atoms with Crippen molar-refractivity contribution in [2.24, 2.45) is 5.73 Å². The van der Waals surface area contributed by atoms with Crippen molar-refractivity contribution >= 4 is 32.3 Å². The van der Waals surface area contributed by atoms with Crippen molar-refractivity contribution in [3.05, 3.63) is 15.9 Å². The van der Waals surface area contributed by atoms with E-state index >= 15 is 0 Å². The van der Waals surface area contributed by atoms with Crippen LogP contribution < -0.4 is 10.6 Å². The van der Waals surface area contributed by atoms with E-state index < -0.39 is 0 Å². The third kappa shape index (κ3) is 3.44. The number of rotatable bonds is 4. The smallest absolute Gasteiger partial charge is 0.0920 e. The fraction of sp³-hybridized carbons (Fsp3) is 0.667. The van der Waals surface area contributed by atoms with Crippen molar-refractivity contribution < 1.29 is 0 Å². The molecule has 1 saturated heterocycles. The maximum absolute atomic E-state index is 5.59. The highest BCUT2D eigenvalue weighted by atomic mass is 79.9. The number of nitrogens with zero attached hydrogens (tertiary/aromatic N) is 2. The van der Waals surface area contributed by atoms with Crippen LogP contribution in [0.25, 0.3) is 0 Å². The zero-order chi connectivity index (χ0) is 12.3. The average molecular weight is 318 g/mol. The molecule has 0 amide bonds. The Bertz CT molecular complexity index is 347. The first-order valence-electron chi connectivity index (χ1n) is 6.10. The topological polar surface area (TPSA) is 32.5 Å². The van der Waals surface area contributed by atoms with Crippen LogP contribution in [0.1, 0.15) is 12.8 Å². The van der Waals surface area contributed by atoms with Crippen LogP contribution in [0.3, 0.4) is 0 Å². The van der Waals surface area contributed by atoms with E-state index in [1.165, 1.54) is 35.4 Å². The maximum atomic E-state index is 5.59. The number of likely N-dealkylation sites (tertiary alicyclic amines) is 1. The number of hydrogen-bond donors (Lipinski definition) is 1. The highest BCUT2D eigenvalue weighted by Crippen LogP contribution is 2.30. The van der Waals surface area contributed by atoms with Crippen molar-refractivity contribution in [3.63, 3.8) is 0 Å². The van der Waals surface area contributed by atoms with E-state index in [2.05, 4.69) is 44.2 Å². The summed E-state index contributed by atoms with van der Waals surface area (Å²) in [5.74, 6) is 0. The molecule has 1 aromatic rings. The van der Waals surface area contributed by atoms with Gasteiger partial charge in [-0.05, 0) is 34.8 Å². The van der Waals surface area contributed by atoms with Gasteiger partial charge in [-0.3, -0.25) is 0 Å². The van der Waals surface area contributed by atoms with Gasteiger partial charge in [0, 0.05) is 49.1 Å². The fourth-order valence-electron chi connectivity index (χ4n) is 2.38. The summed E-state index contributed by atoms with van der Waals surface area (Å²) < 4.78 is 1.19. The Hall–Kier alpha value is -0.100.